The molecule has 3 aliphatic rings. The van der Waals surface area contributed by atoms with Gasteiger partial charge in [-0.3, -0.25) is 19.4 Å². The number of nitrogens with one attached hydrogen (secondary N) is 1. The van der Waals surface area contributed by atoms with Gasteiger partial charge in [-0.2, -0.15) is 0 Å². The Morgan fingerprint density at radius 3 is 2.55 bits per heavy atom. The standard InChI is InChI=1S/C24H31ClN4O4/c1-24(22(31)29(23(32)26-24)13-12-27-14-16-33-17-15-27)19-8-10-28(11-9-19)21(30)7-6-18-4-2-3-5-20(18)25/h2-7,19H,8-17H2,1H3,(H,26,32)/b7-6+. The molecule has 4 rings (SSSR count). The molecule has 1 aromatic carbocycles. The zero-order valence-electron chi connectivity index (χ0n) is 19.0. The highest BCUT2D eigenvalue weighted by atomic mass is 35.5. The number of hydrogen-bond acceptors (Lipinski definition) is 5. The third-order valence-corrected chi connectivity index (χ3v) is 7.32. The second kappa shape index (κ2) is 10.2. The fourth-order valence-electron chi connectivity index (χ4n) is 4.82. The fraction of sp³-hybridized carbons (Fsp3) is 0.542. The smallest absolute Gasteiger partial charge is 0.325 e. The van der Waals surface area contributed by atoms with Crippen molar-refractivity contribution >= 4 is 35.5 Å². The summed E-state index contributed by atoms with van der Waals surface area (Å²) in [5.74, 6) is -0.254. The summed E-state index contributed by atoms with van der Waals surface area (Å²) in [5.41, 5.74) is -0.128. The minimum atomic E-state index is -0.926. The van der Waals surface area contributed by atoms with Gasteiger partial charge in [0.05, 0.1) is 13.2 Å². The van der Waals surface area contributed by atoms with Crippen LogP contribution in [0.1, 0.15) is 25.3 Å². The molecule has 178 valence electrons. The lowest BCUT2D eigenvalue weighted by Crippen LogP contribution is -2.54. The van der Waals surface area contributed by atoms with Crippen LogP contribution in [0.3, 0.4) is 0 Å². The van der Waals surface area contributed by atoms with Gasteiger partial charge in [-0.1, -0.05) is 29.8 Å². The predicted molar refractivity (Wildman–Crippen MR) is 126 cm³/mol. The van der Waals surface area contributed by atoms with Crippen molar-refractivity contribution < 1.29 is 19.1 Å². The van der Waals surface area contributed by atoms with Crippen LogP contribution in [0.2, 0.25) is 5.02 Å². The van der Waals surface area contributed by atoms with Crippen molar-refractivity contribution in [2.45, 2.75) is 25.3 Å². The van der Waals surface area contributed by atoms with Crippen LogP contribution in [0.5, 0.6) is 0 Å². The Morgan fingerprint density at radius 1 is 1.15 bits per heavy atom. The van der Waals surface area contributed by atoms with Gasteiger partial charge in [0.25, 0.3) is 5.91 Å². The molecule has 0 bridgehead atoms. The van der Waals surface area contributed by atoms with Gasteiger partial charge in [-0.15, -0.1) is 0 Å². The van der Waals surface area contributed by atoms with Crippen LogP contribution < -0.4 is 5.32 Å². The number of carbonyl (C=O) groups is 3. The second-order valence-corrected chi connectivity index (χ2v) is 9.40. The lowest BCUT2D eigenvalue weighted by molar-refractivity contribution is -0.134. The molecule has 33 heavy (non-hydrogen) atoms. The first-order valence-electron chi connectivity index (χ1n) is 11.5. The Balaban J connectivity index is 1.31. The minimum Gasteiger partial charge on any atom is -0.379 e. The Labute approximate surface area is 199 Å². The molecule has 9 heteroatoms. The van der Waals surface area contributed by atoms with Gasteiger partial charge in [0.2, 0.25) is 5.91 Å². The predicted octanol–water partition coefficient (Wildman–Crippen LogP) is 2.23. The SMILES string of the molecule is CC1(C2CCN(C(=O)/C=C/c3ccccc3Cl)CC2)NC(=O)N(CCN2CCOCC2)C1=O. The maximum absolute atomic E-state index is 13.2. The first kappa shape index (κ1) is 23.7. The zero-order valence-corrected chi connectivity index (χ0v) is 19.7. The molecule has 0 aromatic heterocycles. The summed E-state index contributed by atoms with van der Waals surface area (Å²) < 4.78 is 5.36. The largest absolute Gasteiger partial charge is 0.379 e. The molecule has 1 unspecified atom stereocenters. The van der Waals surface area contributed by atoms with Gasteiger partial charge in [-0.05, 0) is 43.4 Å². The summed E-state index contributed by atoms with van der Waals surface area (Å²) in [5, 5.41) is 3.55. The number of likely N-dealkylation sites (tertiary alicyclic amines) is 1. The highest BCUT2D eigenvalue weighted by molar-refractivity contribution is 6.32. The van der Waals surface area contributed by atoms with Crippen molar-refractivity contribution in [3.8, 4) is 0 Å². The summed E-state index contributed by atoms with van der Waals surface area (Å²) in [6, 6.07) is 7.05. The Kier molecular flexibility index (Phi) is 7.36. The van der Waals surface area contributed by atoms with Crippen LogP contribution in [0.25, 0.3) is 6.08 Å². The monoisotopic (exact) mass is 474 g/mol. The zero-order chi connectivity index (χ0) is 23.4. The molecule has 3 fully saturated rings. The van der Waals surface area contributed by atoms with Crippen molar-refractivity contribution in [1.82, 2.24) is 20.0 Å². The molecule has 0 radical (unpaired) electrons. The van der Waals surface area contributed by atoms with E-state index in [0.29, 0.717) is 57.3 Å². The number of amides is 4. The van der Waals surface area contributed by atoms with E-state index in [4.69, 9.17) is 16.3 Å². The number of hydrogen-bond donors (Lipinski definition) is 1. The average Bonchev–Trinajstić information content (AvgIpc) is 3.06. The summed E-state index contributed by atoms with van der Waals surface area (Å²) in [6.45, 7) is 6.95. The highest BCUT2D eigenvalue weighted by Crippen LogP contribution is 2.33. The third-order valence-electron chi connectivity index (χ3n) is 6.98. The summed E-state index contributed by atoms with van der Waals surface area (Å²) in [4.78, 5) is 43.8. The highest BCUT2D eigenvalue weighted by Gasteiger charge is 2.52. The van der Waals surface area contributed by atoms with Crippen LogP contribution >= 0.6 is 11.6 Å². The molecule has 1 N–H and O–H groups in total. The molecule has 0 saturated carbocycles. The van der Waals surface area contributed by atoms with E-state index < -0.39 is 5.54 Å². The molecule has 1 atom stereocenters. The van der Waals surface area contributed by atoms with E-state index in [1.54, 1.807) is 23.1 Å². The van der Waals surface area contributed by atoms with E-state index in [-0.39, 0.29) is 23.8 Å². The number of morpholine rings is 1. The summed E-state index contributed by atoms with van der Waals surface area (Å²) >= 11 is 6.15. The topological polar surface area (TPSA) is 82.2 Å². The second-order valence-electron chi connectivity index (χ2n) is 9.00. The Morgan fingerprint density at radius 2 is 1.85 bits per heavy atom. The molecule has 3 heterocycles. The molecule has 8 nitrogen and oxygen atoms in total. The fourth-order valence-corrected chi connectivity index (χ4v) is 5.01. The quantitative estimate of drug-likeness (QED) is 0.505. The maximum atomic E-state index is 13.2. The van der Waals surface area contributed by atoms with Crippen LogP contribution in [0.4, 0.5) is 4.79 Å². The number of benzene rings is 1. The summed E-state index contributed by atoms with van der Waals surface area (Å²) in [6.07, 6.45) is 4.58. The van der Waals surface area contributed by atoms with E-state index in [2.05, 4.69) is 10.2 Å². The van der Waals surface area contributed by atoms with Gasteiger partial charge in [0.1, 0.15) is 5.54 Å². The number of ether oxygens (including phenoxy) is 1. The number of urea groups is 1. The number of imide groups is 1. The number of carbonyl (C=O) groups excluding carboxylic acids is 3. The maximum Gasteiger partial charge on any atom is 0.325 e. The van der Waals surface area contributed by atoms with Crippen molar-refractivity contribution in [3.63, 3.8) is 0 Å². The number of halogens is 1. The van der Waals surface area contributed by atoms with Gasteiger partial charge >= 0.3 is 6.03 Å². The number of nitrogens with zero attached hydrogens (tertiary/aromatic N) is 3. The van der Waals surface area contributed by atoms with E-state index in [0.717, 1.165) is 18.7 Å². The van der Waals surface area contributed by atoms with Crippen LogP contribution in [-0.4, -0.2) is 90.6 Å². The molecule has 0 spiro atoms. The van der Waals surface area contributed by atoms with Crippen LogP contribution in [0, 0.1) is 5.92 Å². The van der Waals surface area contributed by atoms with Crippen LogP contribution in [0.15, 0.2) is 30.3 Å². The molecular formula is C24H31ClN4O4. The van der Waals surface area contributed by atoms with E-state index in [1.807, 2.05) is 25.1 Å². The number of rotatable bonds is 6. The van der Waals surface area contributed by atoms with Crippen molar-refractivity contribution in [2.24, 2.45) is 5.92 Å². The van der Waals surface area contributed by atoms with Gasteiger partial charge < -0.3 is 15.0 Å². The van der Waals surface area contributed by atoms with Gasteiger partial charge in [0, 0.05) is 50.4 Å². The van der Waals surface area contributed by atoms with Gasteiger partial charge in [-0.25, -0.2) is 4.79 Å². The van der Waals surface area contributed by atoms with Gasteiger partial charge in [0.15, 0.2) is 0 Å². The first-order valence-corrected chi connectivity index (χ1v) is 11.9. The molecule has 3 saturated heterocycles. The summed E-state index contributed by atoms with van der Waals surface area (Å²) in [7, 11) is 0. The van der Waals surface area contributed by atoms with Crippen molar-refractivity contribution in [2.75, 3.05) is 52.5 Å². The Hall–Kier alpha value is -2.42. The molecule has 1 aromatic rings. The van der Waals surface area contributed by atoms with Crippen molar-refractivity contribution in [1.29, 1.82) is 0 Å². The first-order chi connectivity index (χ1) is 15.9. The molecule has 3 aliphatic heterocycles. The Bertz CT molecular complexity index is 925. The van der Waals surface area contributed by atoms with E-state index in [9.17, 15) is 14.4 Å². The lowest BCUT2D eigenvalue weighted by Gasteiger charge is -2.38. The van der Waals surface area contributed by atoms with Crippen LogP contribution in [-0.2, 0) is 14.3 Å². The molecule has 4 amide bonds. The average molecular weight is 475 g/mol. The third kappa shape index (κ3) is 5.23. The molecule has 0 aliphatic carbocycles. The minimum absolute atomic E-state index is 0.0149. The lowest BCUT2D eigenvalue weighted by atomic mass is 9.79. The van der Waals surface area contributed by atoms with E-state index >= 15 is 0 Å². The number of piperidine rings is 1. The van der Waals surface area contributed by atoms with E-state index in [1.165, 1.54) is 4.90 Å². The normalized spacial score (nSPS) is 25.2. The van der Waals surface area contributed by atoms with Crippen molar-refractivity contribution in [3.05, 3.63) is 40.9 Å². The molecular weight excluding hydrogens is 444 g/mol.